The number of amides is 3. The van der Waals surface area contributed by atoms with Gasteiger partial charge in [0.15, 0.2) is 0 Å². The maximum Gasteiger partial charge on any atom is 0.321 e. The molecule has 0 aliphatic carbocycles. The average Bonchev–Trinajstić information content (AvgIpc) is 3.35. The van der Waals surface area contributed by atoms with Crippen molar-refractivity contribution in [1.29, 1.82) is 0 Å². The van der Waals surface area contributed by atoms with Gasteiger partial charge in [-0.15, -0.1) is 0 Å². The second-order valence-electron chi connectivity index (χ2n) is 7.72. The molecule has 2 N–H and O–H groups in total. The van der Waals surface area contributed by atoms with Gasteiger partial charge in [0.05, 0.1) is 11.7 Å². The standard InChI is InChI=1S/C23H26N6O2/c1-17(18-7-9-21(10-8-18)29-16-24-15-25-29)26-22(30)19-11-13-28(14-12-19)23(31)27-20-5-3-2-4-6-20/h2-10,15-17,19H,11-14H2,1H3,(H,26,30)(H,27,31). The molecular weight excluding hydrogens is 392 g/mol. The SMILES string of the molecule is CC(NC(=O)C1CCN(C(=O)Nc2ccccc2)CC1)c1ccc(-n2cncn2)cc1. The summed E-state index contributed by atoms with van der Waals surface area (Å²) in [5, 5.41) is 10.1. The number of nitrogens with zero attached hydrogens (tertiary/aromatic N) is 4. The van der Waals surface area contributed by atoms with E-state index >= 15 is 0 Å². The van der Waals surface area contributed by atoms with Crippen molar-refractivity contribution in [2.45, 2.75) is 25.8 Å². The zero-order valence-electron chi connectivity index (χ0n) is 17.4. The Morgan fingerprint density at radius 1 is 1.03 bits per heavy atom. The largest absolute Gasteiger partial charge is 0.349 e. The zero-order chi connectivity index (χ0) is 21.6. The van der Waals surface area contributed by atoms with E-state index in [0.29, 0.717) is 25.9 Å². The molecule has 1 aliphatic heterocycles. The molecule has 0 saturated carbocycles. The Morgan fingerprint density at radius 2 is 1.74 bits per heavy atom. The quantitative estimate of drug-likeness (QED) is 0.664. The topological polar surface area (TPSA) is 92.2 Å². The van der Waals surface area contributed by atoms with Crippen LogP contribution in [-0.2, 0) is 4.79 Å². The molecule has 160 valence electrons. The van der Waals surface area contributed by atoms with E-state index in [-0.39, 0.29) is 23.9 Å². The number of hydrogen-bond acceptors (Lipinski definition) is 4. The lowest BCUT2D eigenvalue weighted by Gasteiger charge is -2.32. The Labute approximate surface area is 181 Å². The fourth-order valence-electron chi connectivity index (χ4n) is 3.74. The predicted molar refractivity (Wildman–Crippen MR) is 118 cm³/mol. The summed E-state index contributed by atoms with van der Waals surface area (Å²) in [6, 6.07) is 17.1. The van der Waals surface area contributed by atoms with E-state index in [0.717, 1.165) is 16.9 Å². The number of carbonyl (C=O) groups excluding carboxylic acids is 2. The first-order chi connectivity index (χ1) is 15.1. The van der Waals surface area contributed by atoms with Crippen LogP contribution in [0.4, 0.5) is 10.5 Å². The molecule has 1 saturated heterocycles. The molecule has 0 radical (unpaired) electrons. The number of aromatic nitrogens is 3. The lowest BCUT2D eigenvalue weighted by molar-refractivity contribution is -0.126. The number of rotatable bonds is 5. The number of likely N-dealkylation sites (tertiary alicyclic amines) is 1. The van der Waals surface area contributed by atoms with Gasteiger partial charge < -0.3 is 15.5 Å². The lowest BCUT2D eigenvalue weighted by Crippen LogP contribution is -2.44. The highest BCUT2D eigenvalue weighted by Gasteiger charge is 2.28. The molecule has 8 heteroatoms. The van der Waals surface area contributed by atoms with E-state index in [1.54, 1.807) is 15.9 Å². The van der Waals surface area contributed by atoms with E-state index in [2.05, 4.69) is 20.7 Å². The molecule has 2 aromatic carbocycles. The smallest absolute Gasteiger partial charge is 0.321 e. The predicted octanol–water partition coefficient (Wildman–Crippen LogP) is 3.39. The van der Waals surface area contributed by atoms with Crippen LogP contribution in [-0.4, -0.2) is 44.7 Å². The fourth-order valence-corrected chi connectivity index (χ4v) is 3.74. The maximum atomic E-state index is 12.8. The summed E-state index contributed by atoms with van der Waals surface area (Å²) in [6.45, 7) is 3.11. The van der Waals surface area contributed by atoms with Crippen molar-refractivity contribution >= 4 is 17.6 Å². The number of para-hydroxylation sites is 1. The van der Waals surface area contributed by atoms with Gasteiger partial charge in [0, 0.05) is 24.7 Å². The second kappa shape index (κ2) is 9.42. The first-order valence-corrected chi connectivity index (χ1v) is 10.5. The third-order valence-corrected chi connectivity index (χ3v) is 5.61. The maximum absolute atomic E-state index is 12.8. The molecule has 31 heavy (non-hydrogen) atoms. The van der Waals surface area contributed by atoms with E-state index in [4.69, 9.17) is 0 Å². The summed E-state index contributed by atoms with van der Waals surface area (Å²) >= 11 is 0. The molecule has 8 nitrogen and oxygen atoms in total. The van der Waals surface area contributed by atoms with Crippen LogP contribution in [0.2, 0.25) is 0 Å². The van der Waals surface area contributed by atoms with Crippen LogP contribution < -0.4 is 10.6 Å². The number of nitrogens with one attached hydrogen (secondary N) is 2. The van der Waals surface area contributed by atoms with Crippen molar-refractivity contribution in [3.05, 3.63) is 72.8 Å². The van der Waals surface area contributed by atoms with Gasteiger partial charge >= 0.3 is 6.03 Å². The minimum Gasteiger partial charge on any atom is -0.349 e. The Bertz CT molecular complexity index is 996. The number of benzene rings is 2. The van der Waals surface area contributed by atoms with Gasteiger partial charge in [-0.3, -0.25) is 4.79 Å². The van der Waals surface area contributed by atoms with Crippen molar-refractivity contribution in [2.24, 2.45) is 5.92 Å². The fraction of sp³-hybridized carbons (Fsp3) is 0.304. The Hall–Kier alpha value is -3.68. The minimum absolute atomic E-state index is 0.0379. The van der Waals surface area contributed by atoms with Crippen LogP contribution in [0.15, 0.2) is 67.3 Å². The first-order valence-electron chi connectivity index (χ1n) is 10.5. The van der Waals surface area contributed by atoms with Crippen molar-refractivity contribution in [2.75, 3.05) is 18.4 Å². The van der Waals surface area contributed by atoms with Gasteiger partial charge in [0.2, 0.25) is 5.91 Å². The second-order valence-corrected chi connectivity index (χ2v) is 7.72. The molecule has 1 unspecified atom stereocenters. The highest BCUT2D eigenvalue weighted by molar-refractivity contribution is 5.89. The summed E-state index contributed by atoms with van der Waals surface area (Å²) in [5.74, 6) is -0.0476. The molecule has 4 rings (SSSR count). The van der Waals surface area contributed by atoms with E-state index in [1.807, 2.05) is 61.5 Å². The normalized spacial score (nSPS) is 15.3. The van der Waals surface area contributed by atoms with Gasteiger partial charge in [-0.05, 0) is 49.6 Å². The number of anilines is 1. The highest BCUT2D eigenvalue weighted by atomic mass is 16.2. The van der Waals surface area contributed by atoms with Crippen LogP contribution in [0.5, 0.6) is 0 Å². The van der Waals surface area contributed by atoms with Crippen LogP contribution in [0.25, 0.3) is 5.69 Å². The van der Waals surface area contributed by atoms with Gasteiger partial charge in [-0.2, -0.15) is 5.10 Å². The van der Waals surface area contributed by atoms with Gasteiger partial charge in [-0.1, -0.05) is 30.3 Å². The molecule has 3 aromatic rings. The summed E-state index contributed by atoms with van der Waals surface area (Å²) in [5.41, 5.74) is 2.72. The van der Waals surface area contributed by atoms with E-state index in [1.165, 1.54) is 6.33 Å². The van der Waals surface area contributed by atoms with Crippen molar-refractivity contribution in [3.63, 3.8) is 0 Å². The van der Waals surface area contributed by atoms with Crippen molar-refractivity contribution < 1.29 is 9.59 Å². The molecule has 1 aromatic heterocycles. The Kier molecular flexibility index (Phi) is 6.26. The van der Waals surface area contributed by atoms with Crippen LogP contribution in [0, 0.1) is 5.92 Å². The summed E-state index contributed by atoms with van der Waals surface area (Å²) < 4.78 is 1.69. The Balaban J connectivity index is 1.26. The molecule has 1 aliphatic rings. The number of carbonyl (C=O) groups is 2. The first kappa shape index (κ1) is 20.6. The number of urea groups is 1. The van der Waals surface area contributed by atoms with Gasteiger partial charge in [0.1, 0.15) is 12.7 Å². The molecule has 1 fully saturated rings. The molecule has 1 atom stereocenters. The molecule has 0 bridgehead atoms. The van der Waals surface area contributed by atoms with Crippen LogP contribution in [0.1, 0.15) is 31.4 Å². The summed E-state index contributed by atoms with van der Waals surface area (Å²) in [6.07, 6.45) is 4.46. The third kappa shape index (κ3) is 5.09. The van der Waals surface area contributed by atoms with Crippen molar-refractivity contribution in [3.8, 4) is 5.69 Å². The summed E-state index contributed by atoms with van der Waals surface area (Å²) in [7, 11) is 0. The van der Waals surface area contributed by atoms with Gasteiger partial charge in [-0.25, -0.2) is 14.5 Å². The van der Waals surface area contributed by atoms with Gasteiger partial charge in [0.25, 0.3) is 0 Å². The van der Waals surface area contributed by atoms with E-state index < -0.39 is 0 Å². The molecule has 0 spiro atoms. The van der Waals surface area contributed by atoms with Crippen LogP contribution in [0.3, 0.4) is 0 Å². The van der Waals surface area contributed by atoms with E-state index in [9.17, 15) is 9.59 Å². The monoisotopic (exact) mass is 418 g/mol. The number of hydrogen-bond donors (Lipinski definition) is 2. The highest BCUT2D eigenvalue weighted by Crippen LogP contribution is 2.21. The molecular formula is C23H26N6O2. The third-order valence-electron chi connectivity index (χ3n) is 5.61. The average molecular weight is 419 g/mol. The Morgan fingerprint density at radius 3 is 2.39 bits per heavy atom. The minimum atomic E-state index is -0.120. The molecule has 2 heterocycles. The molecule has 3 amide bonds. The lowest BCUT2D eigenvalue weighted by atomic mass is 9.95. The number of piperidine rings is 1. The zero-order valence-corrected chi connectivity index (χ0v) is 17.4. The van der Waals surface area contributed by atoms with Crippen LogP contribution >= 0.6 is 0 Å². The summed E-state index contributed by atoms with van der Waals surface area (Å²) in [4.78, 5) is 30.9. The van der Waals surface area contributed by atoms with Crippen molar-refractivity contribution in [1.82, 2.24) is 25.0 Å².